The molecule has 0 atom stereocenters. The molecule has 0 radical (unpaired) electrons. The highest BCUT2D eigenvalue weighted by atomic mass is 35.5. The van der Waals surface area contributed by atoms with Crippen LogP contribution in [-0.4, -0.2) is 20.2 Å². The van der Waals surface area contributed by atoms with Gasteiger partial charge in [0.15, 0.2) is 5.15 Å². The smallest absolute Gasteiger partial charge is 0.201 e. The number of aromatic nitrogens is 4. The average molecular weight is 189 g/mol. The Morgan fingerprint density at radius 1 is 1.36 bits per heavy atom. The molecule has 0 unspecified atom stereocenters. The van der Waals surface area contributed by atoms with E-state index in [0.717, 1.165) is 0 Å². The Morgan fingerprint density at radius 2 is 2.18 bits per heavy atom. The van der Waals surface area contributed by atoms with Gasteiger partial charge in [-0.25, -0.2) is 9.97 Å². The van der Waals surface area contributed by atoms with Crippen molar-refractivity contribution in [3.8, 4) is 0 Å². The molecular weight excluding hydrogens is 187 g/mol. The fourth-order valence-electron chi connectivity index (χ4n) is 0.745. The quantitative estimate of drug-likeness (QED) is 0.685. The highest BCUT2D eigenvalue weighted by Gasteiger charge is 2.04. The Kier molecular flexibility index (Phi) is 1.44. The van der Waals surface area contributed by atoms with Crippen LogP contribution in [0.3, 0.4) is 0 Å². The summed E-state index contributed by atoms with van der Waals surface area (Å²) in [7, 11) is 0. The van der Waals surface area contributed by atoms with Gasteiger partial charge in [0.25, 0.3) is 0 Å². The van der Waals surface area contributed by atoms with Crippen molar-refractivity contribution in [1.82, 2.24) is 20.2 Å². The minimum absolute atomic E-state index is 0.306. The number of nitrogens with one attached hydrogen (secondary N) is 1. The second-order valence-corrected chi connectivity index (χ2v) is 2.67. The molecule has 0 saturated heterocycles. The molecule has 0 spiro atoms. The van der Waals surface area contributed by atoms with E-state index in [4.69, 9.17) is 23.2 Å². The van der Waals surface area contributed by atoms with Crippen molar-refractivity contribution in [2.75, 3.05) is 0 Å². The van der Waals surface area contributed by atoms with Crippen molar-refractivity contribution in [3.05, 3.63) is 16.5 Å². The molecule has 11 heavy (non-hydrogen) atoms. The summed E-state index contributed by atoms with van der Waals surface area (Å²) < 4.78 is 0. The molecule has 0 aromatic carbocycles. The number of H-pyrrole nitrogens is 1. The molecule has 6 heteroatoms. The van der Waals surface area contributed by atoms with Gasteiger partial charge in [-0.15, -0.1) is 0 Å². The van der Waals surface area contributed by atoms with Gasteiger partial charge < -0.3 is 0 Å². The zero-order chi connectivity index (χ0) is 7.84. The third-order valence-corrected chi connectivity index (χ3v) is 1.64. The van der Waals surface area contributed by atoms with E-state index in [1.54, 1.807) is 0 Å². The monoisotopic (exact) mass is 188 g/mol. The first-order valence-electron chi connectivity index (χ1n) is 2.79. The van der Waals surface area contributed by atoms with Crippen LogP contribution in [0.4, 0.5) is 0 Å². The summed E-state index contributed by atoms with van der Waals surface area (Å²) in [6, 6.07) is 0. The van der Waals surface area contributed by atoms with Gasteiger partial charge in [0, 0.05) is 0 Å². The third kappa shape index (κ3) is 1.04. The van der Waals surface area contributed by atoms with E-state index in [1.807, 2.05) is 0 Å². The first kappa shape index (κ1) is 6.82. The molecule has 0 aliphatic carbocycles. The predicted molar refractivity (Wildman–Crippen MR) is 41.7 cm³/mol. The van der Waals surface area contributed by atoms with Gasteiger partial charge in [-0.3, -0.25) is 5.10 Å². The standard InChI is InChI=1S/C5H2Cl2N4/c6-2-1-8-5-3(9-2)4(7)10-11-5/h1H,(H,8,10,11). The number of hydrogen-bond donors (Lipinski definition) is 1. The molecule has 2 heterocycles. The summed E-state index contributed by atoms with van der Waals surface area (Å²) in [5.74, 6) is 0. The lowest BCUT2D eigenvalue weighted by atomic mass is 10.6. The van der Waals surface area contributed by atoms with Crippen LogP contribution in [0.25, 0.3) is 11.2 Å². The number of aromatic amines is 1. The van der Waals surface area contributed by atoms with Crippen LogP contribution >= 0.6 is 23.2 Å². The molecule has 0 amide bonds. The van der Waals surface area contributed by atoms with E-state index >= 15 is 0 Å². The van der Waals surface area contributed by atoms with Crippen molar-refractivity contribution in [2.24, 2.45) is 0 Å². The summed E-state index contributed by atoms with van der Waals surface area (Å²) in [6.45, 7) is 0. The number of fused-ring (bicyclic) bond motifs is 1. The van der Waals surface area contributed by atoms with Crippen LogP contribution in [0.15, 0.2) is 6.20 Å². The fourth-order valence-corrected chi connectivity index (χ4v) is 1.05. The minimum atomic E-state index is 0.306. The minimum Gasteiger partial charge on any atom is -0.263 e. The largest absolute Gasteiger partial charge is 0.263 e. The second kappa shape index (κ2) is 2.32. The van der Waals surface area contributed by atoms with E-state index in [1.165, 1.54) is 6.20 Å². The molecule has 1 N–H and O–H groups in total. The molecule has 56 valence electrons. The molecule has 0 aliphatic heterocycles. The van der Waals surface area contributed by atoms with E-state index in [-0.39, 0.29) is 0 Å². The van der Waals surface area contributed by atoms with Crippen molar-refractivity contribution in [1.29, 1.82) is 0 Å². The molecule has 2 aromatic heterocycles. The van der Waals surface area contributed by atoms with Crippen LogP contribution in [-0.2, 0) is 0 Å². The summed E-state index contributed by atoms with van der Waals surface area (Å²) in [5.41, 5.74) is 0.971. The first-order valence-corrected chi connectivity index (χ1v) is 3.55. The second-order valence-electron chi connectivity index (χ2n) is 1.90. The number of rotatable bonds is 0. The maximum atomic E-state index is 5.67. The summed E-state index contributed by atoms with van der Waals surface area (Å²) >= 11 is 11.2. The van der Waals surface area contributed by atoms with Gasteiger partial charge in [-0.1, -0.05) is 23.2 Å². The Labute approximate surface area is 71.6 Å². The molecular formula is C5H2Cl2N4. The lowest BCUT2D eigenvalue weighted by Gasteiger charge is -1.86. The van der Waals surface area contributed by atoms with E-state index in [2.05, 4.69) is 20.2 Å². The van der Waals surface area contributed by atoms with Crippen LogP contribution in [0.1, 0.15) is 0 Å². The van der Waals surface area contributed by atoms with Gasteiger partial charge in [0.2, 0.25) is 5.65 Å². The van der Waals surface area contributed by atoms with E-state index < -0.39 is 0 Å². The number of nitrogens with zero attached hydrogens (tertiary/aromatic N) is 3. The maximum absolute atomic E-state index is 5.67. The summed E-state index contributed by atoms with van der Waals surface area (Å²) in [4.78, 5) is 7.79. The Bertz CT molecular complexity index is 396. The predicted octanol–water partition coefficient (Wildman–Crippen LogP) is 1.66. The molecule has 0 saturated carbocycles. The lowest BCUT2D eigenvalue weighted by Crippen LogP contribution is -1.80. The maximum Gasteiger partial charge on any atom is 0.201 e. The lowest BCUT2D eigenvalue weighted by molar-refractivity contribution is 1.10. The zero-order valence-corrected chi connectivity index (χ0v) is 6.69. The molecule has 4 nitrogen and oxygen atoms in total. The van der Waals surface area contributed by atoms with Crippen molar-refractivity contribution in [2.45, 2.75) is 0 Å². The molecule has 0 fully saturated rings. The van der Waals surface area contributed by atoms with Gasteiger partial charge in [-0.05, 0) is 0 Å². The molecule has 2 rings (SSSR count). The Hall–Kier alpha value is -0.870. The molecule has 0 bridgehead atoms. The van der Waals surface area contributed by atoms with Crippen LogP contribution < -0.4 is 0 Å². The van der Waals surface area contributed by atoms with Crippen molar-refractivity contribution >= 4 is 34.4 Å². The van der Waals surface area contributed by atoms with Gasteiger partial charge >= 0.3 is 0 Å². The molecule has 0 aliphatic rings. The number of halogens is 2. The molecule has 2 aromatic rings. The SMILES string of the molecule is Clc1cnc2n[nH]c(Cl)c2n1. The first-order chi connectivity index (χ1) is 5.27. The van der Waals surface area contributed by atoms with Crippen LogP contribution in [0, 0.1) is 0 Å². The number of hydrogen-bond acceptors (Lipinski definition) is 3. The van der Waals surface area contributed by atoms with E-state index in [9.17, 15) is 0 Å². The topological polar surface area (TPSA) is 54.5 Å². The van der Waals surface area contributed by atoms with Crippen LogP contribution in [0.5, 0.6) is 0 Å². The fraction of sp³-hybridized carbons (Fsp3) is 0. The third-order valence-electron chi connectivity index (χ3n) is 1.19. The zero-order valence-electron chi connectivity index (χ0n) is 5.17. The summed E-state index contributed by atoms with van der Waals surface area (Å²) in [6.07, 6.45) is 1.42. The average Bonchev–Trinajstić information content (AvgIpc) is 2.33. The Morgan fingerprint density at radius 3 is 3.00 bits per heavy atom. The Balaban J connectivity index is 2.87. The summed E-state index contributed by atoms with van der Waals surface area (Å²) in [5, 5.41) is 6.97. The van der Waals surface area contributed by atoms with Gasteiger partial charge in [0.1, 0.15) is 10.7 Å². The normalized spacial score (nSPS) is 10.7. The van der Waals surface area contributed by atoms with E-state index in [0.29, 0.717) is 21.5 Å². The van der Waals surface area contributed by atoms with Crippen molar-refractivity contribution < 1.29 is 0 Å². The van der Waals surface area contributed by atoms with Gasteiger partial charge in [0.05, 0.1) is 6.20 Å². The van der Waals surface area contributed by atoms with Crippen molar-refractivity contribution in [3.63, 3.8) is 0 Å². The van der Waals surface area contributed by atoms with Gasteiger partial charge in [-0.2, -0.15) is 5.10 Å². The van der Waals surface area contributed by atoms with Crippen LogP contribution in [0.2, 0.25) is 10.3 Å². The highest BCUT2D eigenvalue weighted by molar-refractivity contribution is 6.34. The highest BCUT2D eigenvalue weighted by Crippen LogP contribution is 2.17.